The molecule has 1 aliphatic heterocycles. The van der Waals surface area contributed by atoms with E-state index in [2.05, 4.69) is 0 Å². The Balaban J connectivity index is 1.96. The number of hydrogen-bond acceptors (Lipinski definition) is 3. The first-order valence-electron chi connectivity index (χ1n) is 9.43. The lowest BCUT2D eigenvalue weighted by atomic mass is 9.87. The van der Waals surface area contributed by atoms with Gasteiger partial charge in [0.25, 0.3) is 5.91 Å². The molecule has 0 bridgehead atoms. The molecule has 0 saturated carbocycles. The van der Waals surface area contributed by atoms with Crippen molar-refractivity contribution in [2.24, 2.45) is 0 Å². The summed E-state index contributed by atoms with van der Waals surface area (Å²) in [6.07, 6.45) is -0.949. The molecule has 29 heavy (non-hydrogen) atoms. The number of allylic oxidation sites excluding steroid dienone is 1. The van der Waals surface area contributed by atoms with Crippen LogP contribution in [0.15, 0.2) is 54.3 Å². The van der Waals surface area contributed by atoms with Crippen molar-refractivity contribution in [1.82, 2.24) is 4.90 Å². The zero-order chi connectivity index (χ0) is 21.2. The van der Waals surface area contributed by atoms with Crippen LogP contribution < -0.4 is 0 Å². The van der Waals surface area contributed by atoms with Crippen LogP contribution in [0.25, 0.3) is 5.57 Å². The number of aliphatic hydroxyl groups excluding tert-OH is 1. The third-order valence-electron chi connectivity index (χ3n) is 5.35. The first kappa shape index (κ1) is 21.7. The average Bonchev–Trinajstić information content (AvgIpc) is 2.73. The molecule has 2 aromatic carbocycles. The van der Waals surface area contributed by atoms with Gasteiger partial charge in [0, 0.05) is 11.8 Å². The first-order valence-corrected chi connectivity index (χ1v) is 10.5. The fraction of sp³-hybridized carbons (Fsp3) is 0.348. The monoisotopic (exact) mass is 433 g/mol. The summed E-state index contributed by atoms with van der Waals surface area (Å²) in [5.74, 6) is 1.04. The van der Waals surface area contributed by atoms with E-state index in [9.17, 15) is 9.90 Å². The van der Waals surface area contributed by atoms with Crippen LogP contribution in [-0.2, 0) is 21.3 Å². The van der Waals surface area contributed by atoms with Gasteiger partial charge in [-0.3, -0.25) is 9.69 Å². The molecule has 1 N–H and O–H groups in total. The summed E-state index contributed by atoms with van der Waals surface area (Å²) in [5.41, 5.74) is 2.79. The van der Waals surface area contributed by atoms with E-state index < -0.39 is 11.6 Å². The smallest absolute Gasteiger partial charge is 0.261 e. The summed E-state index contributed by atoms with van der Waals surface area (Å²) in [6, 6.07) is 15.0. The third kappa shape index (κ3) is 4.30. The van der Waals surface area contributed by atoms with Gasteiger partial charge in [0.15, 0.2) is 6.73 Å². The molecule has 0 radical (unpaired) electrons. The van der Waals surface area contributed by atoms with E-state index in [-0.39, 0.29) is 12.6 Å². The summed E-state index contributed by atoms with van der Waals surface area (Å²) in [7, 11) is 0. The molecule has 0 saturated heterocycles. The van der Waals surface area contributed by atoms with Crippen LogP contribution in [0.2, 0.25) is 0 Å². The van der Waals surface area contributed by atoms with Crippen molar-refractivity contribution in [1.29, 1.82) is 0 Å². The summed E-state index contributed by atoms with van der Waals surface area (Å²) < 4.78 is 5.82. The molecule has 1 heterocycles. The van der Waals surface area contributed by atoms with Crippen LogP contribution in [-0.4, -0.2) is 28.2 Å². The minimum atomic E-state index is -0.949. The highest BCUT2D eigenvalue weighted by Gasteiger charge is 2.42. The van der Waals surface area contributed by atoms with Crippen molar-refractivity contribution in [2.45, 2.75) is 44.2 Å². The quantitative estimate of drug-likeness (QED) is 0.634. The maximum Gasteiger partial charge on any atom is 0.261 e. The van der Waals surface area contributed by atoms with Gasteiger partial charge in [-0.05, 0) is 43.0 Å². The Morgan fingerprint density at radius 1 is 1.10 bits per heavy atom. The minimum absolute atomic E-state index is 0.0720. The zero-order valence-electron chi connectivity index (χ0n) is 16.8. The Hall–Kier alpha value is -2.01. The Bertz CT molecular complexity index is 903. The van der Waals surface area contributed by atoms with Crippen molar-refractivity contribution >= 4 is 34.7 Å². The van der Waals surface area contributed by atoms with E-state index in [1.807, 2.05) is 62.4 Å². The van der Waals surface area contributed by atoms with Gasteiger partial charge < -0.3 is 9.84 Å². The largest absolute Gasteiger partial charge is 0.477 e. The fourth-order valence-corrected chi connectivity index (χ4v) is 3.90. The number of alkyl halides is 2. The average molecular weight is 434 g/mol. The predicted octanol–water partition coefficient (Wildman–Crippen LogP) is 5.22. The highest BCUT2D eigenvalue weighted by Crippen LogP contribution is 2.37. The lowest BCUT2D eigenvalue weighted by molar-refractivity contribution is -0.146. The zero-order valence-corrected chi connectivity index (χ0v) is 18.3. The number of amides is 1. The second kappa shape index (κ2) is 8.78. The second-order valence-electron chi connectivity index (χ2n) is 7.71. The standard InChI is InChI=1S/C23H25Cl2NO3/c1-15-20(18-7-5-4-6-8-18)22(28)26(14-29-15)23(2,3)21(27)19-10-16(12-24)9-17(11-19)13-25/h4-11,21,27H,12-14H2,1-3H3. The molecule has 1 aliphatic rings. The molecule has 6 heteroatoms. The molecule has 0 fully saturated rings. The van der Waals surface area contributed by atoms with Crippen LogP contribution in [0, 0.1) is 0 Å². The maximum absolute atomic E-state index is 13.4. The number of halogens is 2. The van der Waals surface area contributed by atoms with Gasteiger partial charge in [-0.15, -0.1) is 23.2 Å². The van der Waals surface area contributed by atoms with E-state index in [4.69, 9.17) is 27.9 Å². The molecule has 1 amide bonds. The molecule has 0 aliphatic carbocycles. The Morgan fingerprint density at radius 2 is 1.69 bits per heavy atom. The van der Waals surface area contributed by atoms with Gasteiger partial charge in [0.2, 0.25) is 0 Å². The topological polar surface area (TPSA) is 49.8 Å². The number of benzene rings is 2. The fourth-order valence-electron chi connectivity index (χ4n) is 3.60. The van der Waals surface area contributed by atoms with Crippen LogP contribution in [0.3, 0.4) is 0 Å². The van der Waals surface area contributed by atoms with Gasteiger partial charge in [0.05, 0.1) is 11.1 Å². The van der Waals surface area contributed by atoms with Crippen LogP contribution in [0.5, 0.6) is 0 Å². The van der Waals surface area contributed by atoms with E-state index in [1.54, 1.807) is 11.8 Å². The lowest BCUT2D eigenvalue weighted by Crippen LogP contribution is -2.54. The number of carbonyl (C=O) groups excluding carboxylic acids is 1. The predicted molar refractivity (Wildman–Crippen MR) is 116 cm³/mol. The molecular weight excluding hydrogens is 409 g/mol. The lowest BCUT2D eigenvalue weighted by Gasteiger charge is -2.44. The molecule has 1 atom stereocenters. The van der Waals surface area contributed by atoms with Crippen molar-refractivity contribution in [3.63, 3.8) is 0 Å². The maximum atomic E-state index is 13.4. The molecular formula is C23H25Cl2NO3. The Kier molecular flexibility index (Phi) is 6.57. The third-order valence-corrected chi connectivity index (χ3v) is 5.97. The van der Waals surface area contributed by atoms with Crippen molar-refractivity contribution in [3.8, 4) is 0 Å². The summed E-state index contributed by atoms with van der Waals surface area (Å²) in [6.45, 7) is 5.52. The van der Waals surface area contributed by atoms with Gasteiger partial charge in [-0.2, -0.15) is 0 Å². The van der Waals surface area contributed by atoms with Gasteiger partial charge >= 0.3 is 0 Å². The van der Waals surface area contributed by atoms with Crippen molar-refractivity contribution in [2.75, 3.05) is 6.73 Å². The number of aliphatic hydroxyl groups is 1. The van der Waals surface area contributed by atoms with Crippen molar-refractivity contribution < 1.29 is 14.6 Å². The normalized spacial score (nSPS) is 16.1. The Labute approximate surface area is 181 Å². The second-order valence-corrected chi connectivity index (χ2v) is 8.24. The van der Waals surface area contributed by atoms with Crippen LogP contribution >= 0.6 is 23.2 Å². The number of ether oxygens (including phenoxy) is 1. The molecule has 2 aromatic rings. The summed E-state index contributed by atoms with van der Waals surface area (Å²) in [4.78, 5) is 15.0. The molecule has 154 valence electrons. The van der Waals surface area contributed by atoms with Gasteiger partial charge in [-0.1, -0.05) is 48.5 Å². The molecule has 0 spiro atoms. The van der Waals surface area contributed by atoms with E-state index >= 15 is 0 Å². The number of rotatable bonds is 6. The summed E-state index contributed by atoms with van der Waals surface area (Å²) in [5, 5.41) is 11.2. The number of nitrogens with zero attached hydrogens (tertiary/aromatic N) is 1. The van der Waals surface area contributed by atoms with Crippen LogP contribution in [0.4, 0.5) is 0 Å². The van der Waals surface area contributed by atoms with Crippen molar-refractivity contribution in [3.05, 3.63) is 76.5 Å². The van der Waals surface area contributed by atoms with Gasteiger partial charge in [0.1, 0.15) is 11.9 Å². The van der Waals surface area contributed by atoms with Crippen LogP contribution in [0.1, 0.15) is 49.1 Å². The molecule has 1 unspecified atom stereocenters. The molecule has 3 rings (SSSR count). The highest BCUT2D eigenvalue weighted by molar-refractivity contribution is 6.20. The van der Waals surface area contributed by atoms with E-state index in [0.29, 0.717) is 28.7 Å². The minimum Gasteiger partial charge on any atom is -0.477 e. The number of carbonyl (C=O) groups is 1. The number of hydrogen-bond donors (Lipinski definition) is 1. The highest BCUT2D eigenvalue weighted by atomic mass is 35.5. The van der Waals surface area contributed by atoms with E-state index in [0.717, 1.165) is 16.7 Å². The molecule has 4 nitrogen and oxygen atoms in total. The SMILES string of the molecule is CC1=C(c2ccccc2)C(=O)N(C(C)(C)C(O)c2cc(CCl)cc(CCl)c2)CO1. The first-order chi connectivity index (χ1) is 13.8. The van der Waals surface area contributed by atoms with Gasteiger partial charge in [-0.25, -0.2) is 0 Å². The Morgan fingerprint density at radius 3 is 2.24 bits per heavy atom. The van der Waals surface area contributed by atoms with E-state index in [1.165, 1.54) is 0 Å². The summed E-state index contributed by atoms with van der Waals surface area (Å²) >= 11 is 12.0. The molecule has 0 aromatic heterocycles.